The second kappa shape index (κ2) is 6.03. The topological polar surface area (TPSA) is 62.3 Å². The molecule has 0 aliphatic carbocycles. The predicted octanol–water partition coefficient (Wildman–Crippen LogP) is 1.52. The quantitative estimate of drug-likeness (QED) is 0.906. The zero-order chi connectivity index (χ0) is 14.7. The van der Waals surface area contributed by atoms with Crippen LogP contribution in [0.25, 0.3) is 0 Å². The third kappa shape index (κ3) is 3.15. The molecule has 1 aromatic heterocycles. The van der Waals surface area contributed by atoms with Crippen LogP contribution in [0.5, 0.6) is 0 Å². The highest BCUT2D eigenvalue weighted by Gasteiger charge is 2.35. The molecule has 1 aliphatic rings. The number of hydrogen-bond acceptors (Lipinski definition) is 3. The van der Waals surface area contributed by atoms with Crippen LogP contribution in [0.1, 0.15) is 38.8 Å². The molecule has 1 saturated heterocycles. The number of carbonyl (C=O) groups excluding carboxylic acids is 2. The van der Waals surface area contributed by atoms with Crippen LogP contribution < -0.4 is 5.32 Å². The molecule has 0 radical (unpaired) electrons. The monoisotopic (exact) mass is 275 g/mol. The standard InChI is InChI=1S/C15H21N3O2/c1-10(2)18-9-13(7-14(18)19)15(20)17-11(3)12-5-4-6-16-8-12/h4-6,8,10-11,13H,7,9H2,1-3H3,(H,17,20)/t11-,13+/m1/s1. The van der Waals surface area contributed by atoms with E-state index in [2.05, 4.69) is 10.3 Å². The highest BCUT2D eigenvalue weighted by atomic mass is 16.2. The molecule has 2 amide bonds. The van der Waals surface area contributed by atoms with E-state index in [1.165, 1.54) is 0 Å². The van der Waals surface area contributed by atoms with Crippen LogP contribution in [0, 0.1) is 5.92 Å². The highest BCUT2D eigenvalue weighted by molar-refractivity contribution is 5.89. The normalized spacial score (nSPS) is 20.3. The smallest absolute Gasteiger partial charge is 0.225 e. The Bertz CT molecular complexity index is 487. The third-order valence-corrected chi connectivity index (χ3v) is 3.70. The number of carbonyl (C=O) groups is 2. The van der Waals surface area contributed by atoms with Crippen molar-refractivity contribution in [3.63, 3.8) is 0 Å². The van der Waals surface area contributed by atoms with Gasteiger partial charge in [0.1, 0.15) is 0 Å². The Balaban J connectivity index is 1.95. The van der Waals surface area contributed by atoms with Gasteiger partial charge in [0.2, 0.25) is 11.8 Å². The van der Waals surface area contributed by atoms with Gasteiger partial charge in [0.25, 0.3) is 0 Å². The van der Waals surface area contributed by atoms with Gasteiger partial charge in [-0.25, -0.2) is 0 Å². The minimum atomic E-state index is -0.246. The number of rotatable bonds is 4. The van der Waals surface area contributed by atoms with Gasteiger partial charge >= 0.3 is 0 Å². The average Bonchev–Trinajstić information content (AvgIpc) is 2.82. The van der Waals surface area contributed by atoms with E-state index in [0.717, 1.165) is 5.56 Å². The first kappa shape index (κ1) is 14.5. The summed E-state index contributed by atoms with van der Waals surface area (Å²) in [5.74, 6) is -0.240. The van der Waals surface area contributed by atoms with Crippen molar-refractivity contribution >= 4 is 11.8 Å². The van der Waals surface area contributed by atoms with E-state index in [4.69, 9.17) is 0 Å². The summed E-state index contributed by atoms with van der Waals surface area (Å²) < 4.78 is 0. The summed E-state index contributed by atoms with van der Waals surface area (Å²) in [6.07, 6.45) is 3.75. The molecule has 108 valence electrons. The van der Waals surface area contributed by atoms with Gasteiger partial charge in [-0.1, -0.05) is 6.07 Å². The summed E-state index contributed by atoms with van der Waals surface area (Å²) in [4.78, 5) is 29.9. The molecule has 1 fully saturated rings. The minimum absolute atomic E-state index is 0.0575. The van der Waals surface area contributed by atoms with Crippen LogP contribution in [0.4, 0.5) is 0 Å². The number of nitrogens with zero attached hydrogens (tertiary/aromatic N) is 2. The number of nitrogens with one attached hydrogen (secondary N) is 1. The Morgan fingerprint density at radius 3 is 2.75 bits per heavy atom. The summed E-state index contributed by atoms with van der Waals surface area (Å²) in [5, 5.41) is 2.96. The zero-order valence-electron chi connectivity index (χ0n) is 12.2. The van der Waals surface area contributed by atoms with Gasteiger partial charge in [-0.15, -0.1) is 0 Å². The molecule has 0 aromatic carbocycles. The molecule has 5 heteroatoms. The van der Waals surface area contributed by atoms with Crippen molar-refractivity contribution in [2.75, 3.05) is 6.54 Å². The lowest BCUT2D eigenvalue weighted by atomic mass is 10.1. The lowest BCUT2D eigenvalue weighted by Crippen LogP contribution is -2.36. The summed E-state index contributed by atoms with van der Waals surface area (Å²) >= 11 is 0. The van der Waals surface area contributed by atoms with E-state index >= 15 is 0 Å². The van der Waals surface area contributed by atoms with Crippen molar-refractivity contribution in [2.45, 2.75) is 39.3 Å². The maximum Gasteiger partial charge on any atom is 0.225 e. The molecule has 0 saturated carbocycles. The van der Waals surface area contributed by atoms with Gasteiger partial charge in [0.15, 0.2) is 0 Å². The van der Waals surface area contributed by atoms with Crippen LogP contribution in [0.2, 0.25) is 0 Å². The number of likely N-dealkylation sites (tertiary alicyclic amines) is 1. The lowest BCUT2D eigenvalue weighted by molar-refractivity contribution is -0.130. The lowest BCUT2D eigenvalue weighted by Gasteiger charge is -2.21. The molecule has 1 aliphatic heterocycles. The zero-order valence-corrected chi connectivity index (χ0v) is 12.2. The molecule has 20 heavy (non-hydrogen) atoms. The predicted molar refractivity (Wildman–Crippen MR) is 75.8 cm³/mol. The average molecular weight is 275 g/mol. The van der Waals surface area contributed by atoms with Crippen LogP contribution in [-0.2, 0) is 9.59 Å². The van der Waals surface area contributed by atoms with Crippen molar-refractivity contribution in [1.82, 2.24) is 15.2 Å². The second-order valence-electron chi connectivity index (χ2n) is 5.56. The fourth-order valence-corrected chi connectivity index (χ4v) is 2.45. The van der Waals surface area contributed by atoms with Crippen molar-refractivity contribution in [1.29, 1.82) is 0 Å². The van der Waals surface area contributed by atoms with Gasteiger partial charge in [0, 0.05) is 31.4 Å². The van der Waals surface area contributed by atoms with Crippen LogP contribution in [0.15, 0.2) is 24.5 Å². The molecule has 0 spiro atoms. The maximum atomic E-state index is 12.2. The molecule has 2 atom stereocenters. The van der Waals surface area contributed by atoms with Gasteiger partial charge < -0.3 is 10.2 Å². The molecule has 5 nitrogen and oxygen atoms in total. The first-order valence-electron chi connectivity index (χ1n) is 6.98. The SMILES string of the molecule is CC(C)N1C[C@@H](C(=O)N[C@H](C)c2cccnc2)CC1=O. The first-order valence-corrected chi connectivity index (χ1v) is 6.98. The Hall–Kier alpha value is -1.91. The van der Waals surface area contributed by atoms with Crippen molar-refractivity contribution in [3.05, 3.63) is 30.1 Å². The molecule has 1 N–H and O–H groups in total. The van der Waals surface area contributed by atoms with Crippen molar-refractivity contribution in [3.8, 4) is 0 Å². The molecule has 0 bridgehead atoms. The van der Waals surface area contributed by atoms with Crippen molar-refractivity contribution in [2.24, 2.45) is 5.92 Å². The first-order chi connectivity index (χ1) is 9.49. The van der Waals surface area contributed by atoms with E-state index in [0.29, 0.717) is 13.0 Å². The molecular weight excluding hydrogens is 254 g/mol. The Morgan fingerprint density at radius 2 is 2.20 bits per heavy atom. The Morgan fingerprint density at radius 1 is 1.45 bits per heavy atom. The fraction of sp³-hybridized carbons (Fsp3) is 0.533. The highest BCUT2D eigenvalue weighted by Crippen LogP contribution is 2.21. The minimum Gasteiger partial charge on any atom is -0.349 e. The molecule has 2 heterocycles. The molecule has 2 rings (SSSR count). The summed E-state index contributed by atoms with van der Waals surface area (Å²) in [7, 11) is 0. The van der Waals surface area contributed by atoms with E-state index in [1.807, 2.05) is 32.9 Å². The van der Waals surface area contributed by atoms with Gasteiger partial charge in [0.05, 0.1) is 12.0 Å². The fourth-order valence-electron chi connectivity index (χ4n) is 2.45. The van der Waals surface area contributed by atoms with Gasteiger partial charge in [-0.2, -0.15) is 0 Å². The van der Waals surface area contributed by atoms with E-state index < -0.39 is 0 Å². The van der Waals surface area contributed by atoms with Crippen molar-refractivity contribution < 1.29 is 9.59 Å². The Labute approximate surface area is 119 Å². The van der Waals surface area contributed by atoms with E-state index in [1.54, 1.807) is 17.3 Å². The largest absolute Gasteiger partial charge is 0.349 e. The van der Waals surface area contributed by atoms with Gasteiger partial charge in [-0.3, -0.25) is 14.6 Å². The summed E-state index contributed by atoms with van der Waals surface area (Å²) in [6.45, 7) is 6.38. The molecule has 1 aromatic rings. The molecule has 0 unspecified atom stereocenters. The van der Waals surface area contributed by atoms with Gasteiger partial charge in [-0.05, 0) is 32.4 Å². The third-order valence-electron chi connectivity index (χ3n) is 3.70. The second-order valence-corrected chi connectivity index (χ2v) is 5.56. The van der Waals surface area contributed by atoms with E-state index in [-0.39, 0.29) is 29.8 Å². The van der Waals surface area contributed by atoms with Crippen LogP contribution >= 0.6 is 0 Å². The number of hydrogen-bond donors (Lipinski definition) is 1. The Kier molecular flexibility index (Phi) is 4.37. The summed E-state index contributed by atoms with van der Waals surface area (Å²) in [6, 6.07) is 3.82. The number of amides is 2. The number of aromatic nitrogens is 1. The maximum absolute atomic E-state index is 12.2. The summed E-state index contributed by atoms with van der Waals surface area (Å²) in [5.41, 5.74) is 0.964. The van der Waals surface area contributed by atoms with E-state index in [9.17, 15) is 9.59 Å². The molecular formula is C15H21N3O2. The van der Waals surface area contributed by atoms with Crippen LogP contribution in [-0.4, -0.2) is 34.3 Å². The number of pyridine rings is 1. The van der Waals surface area contributed by atoms with Crippen LogP contribution in [0.3, 0.4) is 0 Å².